The first-order valence-electron chi connectivity index (χ1n) is 2.93. The fourth-order valence-corrected chi connectivity index (χ4v) is 0.846. The van der Waals surface area contributed by atoms with Gasteiger partial charge >= 0.3 is 11.9 Å². The Morgan fingerprint density at radius 2 is 1.92 bits per heavy atom. The molecule has 2 N–H and O–H groups in total. The van der Waals surface area contributed by atoms with Crippen LogP contribution in [0, 0.1) is 0 Å². The molecule has 0 rings (SSSR count). The minimum atomic E-state index is -1.28. The highest BCUT2D eigenvalue weighted by atomic mass is 79.9. The summed E-state index contributed by atoms with van der Waals surface area (Å²) in [7, 11) is 0. The molecule has 0 atom stereocenters. The molecule has 0 saturated carbocycles. The van der Waals surface area contributed by atoms with E-state index in [1.54, 1.807) is 0 Å². The summed E-state index contributed by atoms with van der Waals surface area (Å²) in [5, 5.41) is 16.7. The van der Waals surface area contributed by atoms with Crippen molar-refractivity contribution in [3.8, 4) is 0 Å². The van der Waals surface area contributed by atoms with Gasteiger partial charge in [0.25, 0.3) is 0 Å². The predicted molar refractivity (Wildman–Crippen MR) is 46.0 cm³/mol. The average molecular weight is 235 g/mol. The zero-order valence-corrected chi connectivity index (χ0v) is 7.67. The molecule has 0 aromatic rings. The molecule has 0 heterocycles. The van der Waals surface area contributed by atoms with Gasteiger partial charge in [0.2, 0.25) is 0 Å². The van der Waals surface area contributed by atoms with Crippen molar-refractivity contribution < 1.29 is 19.8 Å². The molecule has 0 unspecified atom stereocenters. The Balaban J connectivity index is 4.55. The topological polar surface area (TPSA) is 74.6 Å². The predicted octanol–water partition coefficient (Wildman–Crippen LogP) is 1.38. The lowest BCUT2D eigenvalue weighted by Crippen LogP contribution is -2.03. The Labute approximate surface area is 77.3 Å². The highest BCUT2D eigenvalue weighted by Crippen LogP contribution is 2.14. The van der Waals surface area contributed by atoms with E-state index in [0.717, 1.165) is 0 Å². The Morgan fingerprint density at radius 1 is 1.42 bits per heavy atom. The Bertz CT molecular complexity index is 254. The van der Waals surface area contributed by atoms with Gasteiger partial charge in [0.05, 0.1) is 0 Å². The summed E-state index contributed by atoms with van der Waals surface area (Å²) in [5.74, 6) is -2.53. The molecule has 0 aliphatic rings. The second kappa shape index (κ2) is 4.71. The van der Waals surface area contributed by atoms with Crippen molar-refractivity contribution in [2.75, 3.05) is 0 Å². The molecule has 0 aliphatic carbocycles. The average Bonchev–Trinajstić information content (AvgIpc) is 1.83. The maximum atomic E-state index is 10.4. The summed E-state index contributed by atoms with van der Waals surface area (Å²) in [5.41, 5.74) is -0.204. The van der Waals surface area contributed by atoms with Crippen molar-refractivity contribution in [3.05, 3.63) is 22.7 Å². The minimum Gasteiger partial charge on any atom is -0.478 e. The molecule has 66 valence electrons. The second-order valence-electron chi connectivity index (χ2n) is 2.01. The summed E-state index contributed by atoms with van der Waals surface area (Å²) >= 11 is 2.94. The first-order chi connectivity index (χ1) is 5.43. The van der Waals surface area contributed by atoms with E-state index >= 15 is 0 Å². The number of halogens is 1. The molecule has 0 saturated heterocycles. The van der Waals surface area contributed by atoms with Crippen molar-refractivity contribution in [2.45, 2.75) is 6.42 Å². The Hall–Kier alpha value is -1.10. The summed E-state index contributed by atoms with van der Waals surface area (Å²) in [6, 6.07) is 0. The van der Waals surface area contributed by atoms with Crippen LogP contribution in [0.4, 0.5) is 0 Å². The quantitative estimate of drug-likeness (QED) is 0.721. The van der Waals surface area contributed by atoms with Crippen LogP contribution in [0.1, 0.15) is 6.42 Å². The van der Waals surface area contributed by atoms with Gasteiger partial charge in [0.1, 0.15) is 0 Å². The molecule has 0 aromatic heterocycles. The third-order valence-electron chi connectivity index (χ3n) is 0.955. The second-order valence-corrected chi connectivity index (χ2v) is 3.13. The Morgan fingerprint density at radius 3 is 2.17 bits per heavy atom. The number of hydrogen-bond acceptors (Lipinski definition) is 2. The van der Waals surface area contributed by atoms with Gasteiger partial charge in [-0.2, -0.15) is 0 Å². The van der Waals surface area contributed by atoms with Crippen LogP contribution in [0.15, 0.2) is 22.7 Å². The molecule has 0 fully saturated rings. The molecule has 12 heavy (non-hydrogen) atoms. The van der Waals surface area contributed by atoms with Gasteiger partial charge in [-0.05, 0) is 4.48 Å². The summed E-state index contributed by atoms with van der Waals surface area (Å²) < 4.78 is 0.428. The van der Waals surface area contributed by atoms with Gasteiger partial charge in [0.15, 0.2) is 0 Å². The third-order valence-corrected chi connectivity index (χ3v) is 1.24. The molecule has 0 spiro atoms. The monoisotopic (exact) mass is 234 g/mol. The number of rotatable bonds is 4. The maximum absolute atomic E-state index is 10.4. The van der Waals surface area contributed by atoms with E-state index in [1.807, 2.05) is 0 Å². The third kappa shape index (κ3) is 4.68. The molecule has 0 amide bonds. The lowest BCUT2D eigenvalue weighted by atomic mass is 10.2. The van der Waals surface area contributed by atoms with Gasteiger partial charge in [-0.15, -0.1) is 0 Å². The molecular weight excluding hydrogens is 228 g/mol. The molecule has 0 aromatic carbocycles. The van der Waals surface area contributed by atoms with Crippen molar-refractivity contribution in [1.82, 2.24) is 0 Å². The SMILES string of the molecule is C=C(Br)CC(=CC(=O)O)C(=O)O. The van der Waals surface area contributed by atoms with E-state index < -0.39 is 11.9 Å². The van der Waals surface area contributed by atoms with E-state index in [-0.39, 0.29) is 12.0 Å². The van der Waals surface area contributed by atoms with Gasteiger partial charge < -0.3 is 10.2 Å². The molecule has 5 heteroatoms. The molecular formula is C7H7BrO4. The van der Waals surface area contributed by atoms with E-state index in [2.05, 4.69) is 22.5 Å². The van der Waals surface area contributed by atoms with Gasteiger partial charge in [-0.1, -0.05) is 22.5 Å². The maximum Gasteiger partial charge on any atom is 0.332 e. The van der Waals surface area contributed by atoms with Gasteiger partial charge in [-0.3, -0.25) is 0 Å². The van der Waals surface area contributed by atoms with E-state index in [0.29, 0.717) is 10.6 Å². The number of aliphatic carboxylic acids is 2. The largest absolute Gasteiger partial charge is 0.478 e. The number of allylic oxidation sites excluding steroid dienone is 1. The highest BCUT2D eigenvalue weighted by Gasteiger charge is 2.09. The van der Waals surface area contributed by atoms with Crippen molar-refractivity contribution in [2.24, 2.45) is 0 Å². The fourth-order valence-electron chi connectivity index (χ4n) is 0.544. The van der Waals surface area contributed by atoms with Crippen molar-refractivity contribution in [3.63, 3.8) is 0 Å². The normalized spacial score (nSPS) is 10.9. The van der Waals surface area contributed by atoms with Gasteiger partial charge in [-0.25, -0.2) is 9.59 Å². The van der Waals surface area contributed by atoms with Crippen molar-refractivity contribution in [1.29, 1.82) is 0 Å². The lowest BCUT2D eigenvalue weighted by molar-refractivity contribution is -0.135. The van der Waals surface area contributed by atoms with Gasteiger partial charge in [0, 0.05) is 18.1 Å². The first-order valence-corrected chi connectivity index (χ1v) is 3.73. The van der Waals surface area contributed by atoms with E-state index in [1.165, 1.54) is 0 Å². The molecule has 4 nitrogen and oxygen atoms in total. The summed E-state index contributed by atoms with van der Waals surface area (Å²) in [4.78, 5) is 20.5. The van der Waals surface area contributed by atoms with Crippen LogP contribution in [0.5, 0.6) is 0 Å². The fraction of sp³-hybridized carbons (Fsp3) is 0.143. The lowest BCUT2D eigenvalue weighted by Gasteiger charge is -1.97. The molecule has 0 aliphatic heterocycles. The van der Waals surface area contributed by atoms with Crippen LogP contribution in [0.25, 0.3) is 0 Å². The smallest absolute Gasteiger partial charge is 0.332 e. The van der Waals surface area contributed by atoms with Crippen LogP contribution in [0.2, 0.25) is 0 Å². The number of hydrogen-bond donors (Lipinski definition) is 2. The summed E-state index contributed by atoms with van der Waals surface area (Å²) in [6.45, 7) is 3.40. The Kier molecular flexibility index (Phi) is 4.28. The zero-order chi connectivity index (χ0) is 9.72. The van der Waals surface area contributed by atoms with Crippen LogP contribution in [0.3, 0.4) is 0 Å². The van der Waals surface area contributed by atoms with Crippen molar-refractivity contribution >= 4 is 27.9 Å². The number of carboxylic acid groups (broad SMARTS) is 2. The highest BCUT2D eigenvalue weighted by molar-refractivity contribution is 9.11. The standard InChI is InChI=1S/C7H7BrO4/c1-4(8)2-5(7(11)12)3-6(9)10/h3H,1-2H2,(H,9,10)(H,11,12). The number of carboxylic acids is 2. The van der Waals surface area contributed by atoms with Crippen LogP contribution < -0.4 is 0 Å². The van der Waals surface area contributed by atoms with E-state index in [4.69, 9.17) is 10.2 Å². The number of carbonyl (C=O) groups is 2. The van der Waals surface area contributed by atoms with E-state index in [9.17, 15) is 9.59 Å². The summed E-state index contributed by atoms with van der Waals surface area (Å²) in [6.07, 6.45) is 0.649. The zero-order valence-electron chi connectivity index (χ0n) is 6.08. The molecule has 0 radical (unpaired) electrons. The molecule has 0 bridgehead atoms. The van der Waals surface area contributed by atoms with Crippen LogP contribution in [-0.4, -0.2) is 22.2 Å². The van der Waals surface area contributed by atoms with Crippen LogP contribution >= 0.6 is 15.9 Å². The van der Waals surface area contributed by atoms with Crippen LogP contribution in [-0.2, 0) is 9.59 Å². The first kappa shape index (κ1) is 10.9. The minimum absolute atomic E-state index is 0.00162.